The first kappa shape index (κ1) is 12.6. The molecule has 96 valence electrons. The van der Waals surface area contributed by atoms with E-state index in [-0.39, 0.29) is 12.5 Å². The number of hydrogen-bond acceptors (Lipinski definition) is 4. The summed E-state index contributed by atoms with van der Waals surface area (Å²) in [6.45, 7) is 1.94. The zero-order chi connectivity index (χ0) is 13.8. The van der Waals surface area contributed by atoms with Crippen LogP contribution in [0.5, 0.6) is 0 Å². The molecule has 0 fully saturated rings. The molecule has 6 nitrogen and oxygen atoms in total. The van der Waals surface area contributed by atoms with Gasteiger partial charge in [0.1, 0.15) is 12.4 Å². The monoisotopic (exact) mass is 255 g/mol. The van der Waals surface area contributed by atoms with Crippen molar-refractivity contribution in [3.8, 4) is 6.07 Å². The van der Waals surface area contributed by atoms with E-state index >= 15 is 0 Å². The lowest BCUT2D eigenvalue weighted by Crippen LogP contribution is -2.19. The van der Waals surface area contributed by atoms with Gasteiger partial charge in [0, 0.05) is 11.9 Å². The second-order valence-electron chi connectivity index (χ2n) is 4.13. The maximum Gasteiger partial charge on any atom is 0.246 e. The van der Waals surface area contributed by atoms with Crippen LogP contribution in [0.4, 0.5) is 11.5 Å². The molecule has 0 aliphatic carbocycles. The first-order valence-electron chi connectivity index (χ1n) is 5.68. The second-order valence-corrected chi connectivity index (χ2v) is 4.13. The van der Waals surface area contributed by atoms with E-state index in [1.165, 1.54) is 4.68 Å². The Morgan fingerprint density at radius 3 is 2.95 bits per heavy atom. The highest BCUT2D eigenvalue weighted by Crippen LogP contribution is 2.16. The van der Waals surface area contributed by atoms with Gasteiger partial charge >= 0.3 is 0 Å². The predicted molar refractivity (Wildman–Crippen MR) is 71.2 cm³/mol. The summed E-state index contributed by atoms with van der Waals surface area (Å²) in [5.74, 6) is 0.150. The zero-order valence-electron chi connectivity index (χ0n) is 10.4. The number of nitrogens with zero attached hydrogens (tertiary/aromatic N) is 3. The van der Waals surface area contributed by atoms with Crippen LogP contribution in [0.15, 0.2) is 30.5 Å². The molecule has 0 bridgehead atoms. The molecule has 2 rings (SSSR count). The number of anilines is 2. The molecule has 0 aliphatic rings. The number of amides is 1. The van der Waals surface area contributed by atoms with Crippen LogP contribution in [0, 0.1) is 18.3 Å². The maximum absolute atomic E-state index is 11.8. The van der Waals surface area contributed by atoms with Gasteiger partial charge in [-0.3, -0.25) is 9.48 Å². The second kappa shape index (κ2) is 5.23. The largest absolute Gasteiger partial charge is 0.382 e. The van der Waals surface area contributed by atoms with E-state index in [1.54, 1.807) is 30.5 Å². The van der Waals surface area contributed by atoms with Crippen molar-refractivity contribution >= 4 is 17.4 Å². The fraction of sp³-hybridized carbons (Fsp3) is 0.154. The Morgan fingerprint density at radius 2 is 2.32 bits per heavy atom. The van der Waals surface area contributed by atoms with E-state index < -0.39 is 0 Å². The van der Waals surface area contributed by atoms with Crippen molar-refractivity contribution in [1.82, 2.24) is 9.78 Å². The Bertz CT molecular complexity index is 653. The summed E-state index contributed by atoms with van der Waals surface area (Å²) in [5, 5.41) is 15.5. The zero-order valence-corrected chi connectivity index (χ0v) is 10.4. The van der Waals surface area contributed by atoms with Crippen LogP contribution in [0.25, 0.3) is 0 Å². The summed E-state index contributed by atoms with van der Waals surface area (Å²) in [6.07, 6.45) is 1.63. The maximum atomic E-state index is 11.8. The summed E-state index contributed by atoms with van der Waals surface area (Å²) in [7, 11) is 0. The minimum atomic E-state index is -0.221. The Morgan fingerprint density at radius 1 is 1.53 bits per heavy atom. The third-order valence-corrected chi connectivity index (χ3v) is 2.61. The van der Waals surface area contributed by atoms with Crippen LogP contribution >= 0.6 is 0 Å². The average molecular weight is 255 g/mol. The standard InChI is InChI=1S/C13H13N5O/c1-9-2-3-10(7-14)6-11(9)16-13(19)8-18-5-4-12(15)17-18/h2-6H,8H2,1H3,(H2,15,17)(H,16,19). The number of nitriles is 1. The molecule has 0 spiro atoms. The van der Waals surface area contributed by atoms with Gasteiger partial charge in [-0.1, -0.05) is 6.07 Å². The van der Waals surface area contributed by atoms with Gasteiger partial charge in [0.15, 0.2) is 0 Å². The van der Waals surface area contributed by atoms with Crippen molar-refractivity contribution in [2.24, 2.45) is 0 Å². The molecule has 0 unspecified atom stereocenters. The number of carbonyl (C=O) groups is 1. The predicted octanol–water partition coefficient (Wildman–Crippen LogP) is 1.28. The highest BCUT2D eigenvalue weighted by Gasteiger charge is 2.07. The normalized spacial score (nSPS) is 9.89. The van der Waals surface area contributed by atoms with E-state index in [1.807, 2.05) is 13.0 Å². The molecule has 3 N–H and O–H groups in total. The van der Waals surface area contributed by atoms with E-state index in [2.05, 4.69) is 10.4 Å². The highest BCUT2D eigenvalue weighted by atomic mass is 16.2. The number of nitrogens with two attached hydrogens (primary N) is 1. The van der Waals surface area contributed by atoms with Crippen molar-refractivity contribution in [2.75, 3.05) is 11.1 Å². The van der Waals surface area contributed by atoms with E-state index in [4.69, 9.17) is 11.0 Å². The number of hydrogen-bond donors (Lipinski definition) is 2. The molecule has 0 saturated carbocycles. The van der Waals surface area contributed by atoms with E-state index in [0.717, 1.165) is 5.56 Å². The minimum absolute atomic E-state index is 0.0768. The number of benzene rings is 1. The van der Waals surface area contributed by atoms with Crippen molar-refractivity contribution in [3.05, 3.63) is 41.6 Å². The van der Waals surface area contributed by atoms with E-state index in [0.29, 0.717) is 17.1 Å². The van der Waals surface area contributed by atoms with Crippen molar-refractivity contribution in [1.29, 1.82) is 5.26 Å². The van der Waals surface area contributed by atoms with Gasteiger partial charge in [0.05, 0.1) is 11.6 Å². The minimum Gasteiger partial charge on any atom is -0.382 e. The molecule has 0 radical (unpaired) electrons. The molecule has 19 heavy (non-hydrogen) atoms. The van der Waals surface area contributed by atoms with Crippen molar-refractivity contribution in [3.63, 3.8) is 0 Å². The summed E-state index contributed by atoms with van der Waals surface area (Å²) in [6, 6.07) is 8.80. The molecule has 1 amide bonds. The number of aromatic nitrogens is 2. The third-order valence-electron chi connectivity index (χ3n) is 2.61. The summed E-state index contributed by atoms with van der Waals surface area (Å²) >= 11 is 0. The van der Waals surface area contributed by atoms with Crippen molar-refractivity contribution < 1.29 is 4.79 Å². The van der Waals surface area contributed by atoms with Crippen LogP contribution in [0.2, 0.25) is 0 Å². The Labute approximate surface area is 110 Å². The lowest BCUT2D eigenvalue weighted by Gasteiger charge is -2.08. The van der Waals surface area contributed by atoms with Gasteiger partial charge in [0.2, 0.25) is 5.91 Å². The topological polar surface area (TPSA) is 96.7 Å². The number of rotatable bonds is 3. The van der Waals surface area contributed by atoms with Crippen LogP contribution in [-0.4, -0.2) is 15.7 Å². The fourth-order valence-corrected chi connectivity index (χ4v) is 1.63. The van der Waals surface area contributed by atoms with Gasteiger partial charge in [-0.2, -0.15) is 10.4 Å². The number of nitrogen functional groups attached to an aromatic ring is 1. The molecule has 6 heteroatoms. The lowest BCUT2D eigenvalue weighted by molar-refractivity contribution is -0.116. The van der Waals surface area contributed by atoms with Crippen LogP contribution in [-0.2, 0) is 11.3 Å². The molecular formula is C13H13N5O. The van der Waals surface area contributed by atoms with Gasteiger partial charge in [0.25, 0.3) is 0 Å². The molecule has 2 aromatic rings. The molecule has 0 saturated heterocycles. The molecule has 1 aromatic carbocycles. The Hall–Kier alpha value is -2.81. The Balaban J connectivity index is 2.09. The highest BCUT2D eigenvalue weighted by molar-refractivity contribution is 5.91. The summed E-state index contributed by atoms with van der Waals surface area (Å²) < 4.78 is 1.45. The first-order chi connectivity index (χ1) is 9.08. The van der Waals surface area contributed by atoms with Gasteiger partial charge in [-0.05, 0) is 30.7 Å². The summed E-state index contributed by atoms with van der Waals surface area (Å²) in [5.41, 5.74) is 7.50. The lowest BCUT2D eigenvalue weighted by atomic mass is 10.1. The average Bonchev–Trinajstić information content (AvgIpc) is 2.77. The van der Waals surface area contributed by atoms with Gasteiger partial charge in [-0.15, -0.1) is 0 Å². The SMILES string of the molecule is Cc1ccc(C#N)cc1NC(=O)Cn1ccc(N)n1. The number of aryl methyl sites for hydroxylation is 1. The molecular weight excluding hydrogens is 242 g/mol. The third kappa shape index (κ3) is 3.10. The van der Waals surface area contributed by atoms with Gasteiger partial charge < -0.3 is 11.1 Å². The molecule has 0 aliphatic heterocycles. The Kier molecular flexibility index (Phi) is 3.48. The molecule has 0 atom stereocenters. The smallest absolute Gasteiger partial charge is 0.246 e. The van der Waals surface area contributed by atoms with E-state index in [9.17, 15) is 4.79 Å². The van der Waals surface area contributed by atoms with Crippen LogP contribution in [0.1, 0.15) is 11.1 Å². The summed E-state index contributed by atoms with van der Waals surface area (Å²) in [4.78, 5) is 11.8. The van der Waals surface area contributed by atoms with Crippen LogP contribution in [0.3, 0.4) is 0 Å². The molecule has 1 aromatic heterocycles. The van der Waals surface area contributed by atoms with Crippen molar-refractivity contribution in [2.45, 2.75) is 13.5 Å². The first-order valence-corrected chi connectivity index (χ1v) is 5.68. The molecule has 1 heterocycles. The number of nitrogens with one attached hydrogen (secondary N) is 1. The van der Waals surface area contributed by atoms with Gasteiger partial charge in [-0.25, -0.2) is 0 Å². The van der Waals surface area contributed by atoms with Crippen LogP contribution < -0.4 is 11.1 Å². The number of carbonyl (C=O) groups excluding carboxylic acids is 1. The quantitative estimate of drug-likeness (QED) is 0.863. The fourth-order valence-electron chi connectivity index (χ4n) is 1.63.